The third kappa shape index (κ3) is 9.37. The van der Waals surface area contributed by atoms with Crippen LogP contribution in [0, 0.1) is 41.4 Å². The van der Waals surface area contributed by atoms with E-state index in [2.05, 4.69) is 19.1 Å². The minimum Gasteiger partial charge on any atom is -0.377 e. The highest BCUT2D eigenvalue weighted by atomic mass is 19.4. The molecule has 0 radical (unpaired) electrons. The molecule has 0 bridgehead atoms. The molecule has 0 N–H and O–H groups in total. The fraction of sp³-hybridized carbons (Fsp3) is 0.879. The van der Waals surface area contributed by atoms with Gasteiger partial charge in [0.05, 0.1) is 18.8 Å². The van der Waals surface area contributed by atoms with Crippen molar-refractivity contribution in [3.63, 3.8) is 0 Å². The van der Waals surface area contributed by atoms with Gasteiger partial charge >= 0.3 is 6.18 Å². The van der Waals surface area contributed by atoms with Crippen molar-refractivity contribution >= 4 is 0 Å². The molecule has 1 heterocycles. The summed E-state index contributed by atoms with van der Waals surface area (Å²) in [5.41, 5.74) is 0. The van der Waals surface area contributed by atoms with E-state index in [4.69, 9.17) is 4.74 Å². The van der Waals surface area contributed by atoms with Crippen molar-refractivity contribution in [2.45, 2.75) is 135 Å². The maximum absolute atomic E-state index is 13.9. The summed E-state index contributed by atoms with van der Waals surface area (Å²) >= 11 is 0. The molecule has 0 aromatic rings. The van der Waals surface area contributed by atoms with Crippen LogP contribution in [0.2, 0.25) is 0 Å². The molecule has 2 unspecified atom stereocenters. The van der Waals surface area contributed by atoms with Gasteiger partial charge < -0.3 is 4.74 Å². The van der Waals surface area contributed by atoms with Gasteiger partial charge in [0.15, 0.2) is 0 Å². The smallest absolute Gasteiger partial charge is 0.377 e. The van der Waals surface area contributed by atoms with E-state index >= 15 is 0 Å². The standard InChI is InChI=1S/C33H52F4O/c1-2-3-4-5-24-8-13-27(14-9-24)28-15-10-25(11-16-28)6-7-26-12-21-32(38-23-26)30-19-17-29(18-20-30)31(34)22-33(35,36)37/h6-7,22,24-30,32H,2-5,8-21,23H2,1H3/b7-6+,31-22-. The van der Waals surface area contributed by atoms with Crippen molar-refractivity contribution < 1.29 is 22.3 Å². The van der Waals surface area contributed by atoms with E-state index < -0.39 is 17.9 Å². The van der Waals surface area contributed by atoms with Crippen molar-refractivity contribution in [1.29, 1.82) is 0 Å². The quantitative estimate of drug-likeness (QED) is 0.161. The average molecular weight is 541 g/mol. The summed E-state index contributed by atoms with van der Waals surface area (Å²) in [4.78, 5) is 0. The van der Waals surface area contributed by atoms with Gasteiger partial charge in [-0.2, -0.15) is 13.2 Å². The Morgan fingerprint density at radius 1 is 0.711 bits per heavy atom. The molecule has 0 aromatic carbocycles. The molecule has 218 valence electrons. The lowest BCUT2D eigenvalue weighted by Gasteiger charge is -2.38. The Kier molecular flexibility index (Phi) is 11.6. The van der Waals surface area contributed by atoms with Crippen molar-refractivity contribution in [2.75, 3.05) is 6.61 Å². The maximum Gasteiger partial charge on any atom is 0.412 e. The number of rotatable bonds is 9. The fourth-order valence-electron chi connectivity index (χ4n) is 8.11. The molecule has 3 saturated carbocycles. The first-order chi connectivity index (χ1) is 18.3. The van der Waals surface area contributed by atoms with E-state index in [1.54, 1.807) is 0 Å². The molecule has 2 atom stereocenters. The van der Waals surface area contributed by atoms with Crippen LogP contribution in [0.3, 0.4) is 0 Å². The Balaban J connectivity index is 1.09. The number of unbranched alkanes of at least 4 members (excludes halogenated alkanes) is 2. The second-order valence-electron chi connectivity index (χ2n) is 13.2. The molecule has 0 aromatic heterocycles. The zero-order valence-corrected chi connectivity index (χ0v) is 23.7. The predicted molar refractivity (Wildman–Crippen MR) is 147 cm³/mol. The highest BCUT2D eigenvalue weighted by Gasteiger charge is 2.35. The van der Waals surface area contributed by atoms with Crippen LogP contribution in [0.25, 0.3) is 0 Å². The Morgan fingerprint density at radius 2 is 1.29 bits per heavy atom. The van der Waals surface area contributed by atoms with Gasteiger partial charge in [-0.05, 0) is 107 Å². The largest absolute Gasteiger partial charge is 0.412 e. The van der Waals surface area contributed by atoms with Crippen LogP contribution < -0.4 is 0 Å². The highest BCUT2D eigenvalue weighted by Crippen LogP contribution is 2.43. The lowest BCUT2D eigenvalue weighted by Crippen LogP contribution is -2.34. The lowest BCUT2D eigenvalue weighted by molar-refractivity contribution is -0.0824. The van der Waals surface area contributed by atoms with Gasteiger partial charge in [0, 0.05) is 11.8 Å². The summed E-state index contributed by atoms with van der Waals surface area (Å²) < 4.78 is 57.5. The van der Waals surface area contributed by atoms with E-state index in [1.165, 1.54) is 77.0 Å². The Hall–Kier alpha value is -0.840. The number of ether oxygens (including phenoxy) is 1. The second-order valence-corrected chi connectivity index (χ2v) is 13.2. The SMILES string of the molecule is CCCCCC1CCC(C2CCC(/C=C/C3CCC(C4CCC(/C(F)=C/C(F)(F)F)CC4)OC3)CC2)CC1. The summed E-state index contributed by atoms with van der Waals surface area (Å²) in [7, 11) is 0. The van der Waals surface area contributed by atoms with Gasteiger partial charge in [-0.1, -0.05) is 57.6 Å². The first kappa shape index (κ1) is 30.1. The molecule has 1 nitrogen and oxygen atoms in total. The summed E-state index contributed by atoms with van der Waals surface area (Å²) in [6.45, 7) is 3.05. The number of hydrogen-bond acceptors (Lipinski definition) is 1. The molecule has 38 heavy (non-hydrogen) atoms. The summed E-state index contributed by atoms with van der Waals surface area (Å²) in [6, 6.07) is 0. The van der Waals surface area contributed by atoms with Crippen LogP contribution in [0.15, 0.2) is 24.1 Å². The summed E-state index contributed by atoms with van der Waals surface area (Å²) in [5.74, 6) is 2.95. The van der Waals surface area contributed by atoms with Gasteiger partial charge in [-0.25, -0.2) is 4.39 Å². The topological polar surface area (TPSA) is 9.23 Å². The Bertz CT molecular complexity index is 727. The molecule has 1 aliphatic heterocycles. The average Bonchev–Trinajstić information content (AvgIpc) is 2.92. The molecule has 5 heteroatoms. The number of alkyl halides is 3. The Morgan fingerprint density at radius 3 is 1.87 bits per heavy atom. The molecule has 4 fully saturated rings. The highest BCUT2D eigenvalue weighted by molar-refractivity contribution is 5.04. The van der Waals surface area contributed by atoms with E-state index in [1.807, 2.05) is 0 Å². The molecule has 1 saturated heterocycles. The van der Waals surface area contributed by atoms with E-state index in [-0.39, 0.29) is 12.2 Å². The van der Waals surface area contributed by atoms with E-state index in [0.717, 1.165) is 56.0 Å². The van der Waals surface area contributed by atoms with Crippen LogP contribution >= 0.6 is 0 Å². The van der Waals surface area contributed by atoms with Gasteiger partial charge in [0.25, 0.3) is 0 Å². The zero-order valence-electron chi connectivity index (χ0n) is 23.7. The number of hydrogen-bond donors (Lipinski definition) is 0. The first-order valence-electron chi connectivity index (χ1n) is 16.1. The van der Waals surface area contributed by atoms with Crippen molar-refractivity contribution in [1.82, 2.24) is 0 Å². The third-order valence-corrected chi connectivity index (χ3v) is 10.6. The maximum atomic E-state index is 13.9. The van der Waals surface area contributed by atoms with Gasteiger partial charge in [-0.15, -0.1) is 0 Å². The molecule has 4 aliphatic rings. The first-order valence-corrected chi connectivity index (χ1v) is 16.1. The third-order valence-electron chi connectivity index (χ3n) is 10.6. The number of halogens is 4. The summed E-state index contributed by atoms with van der Waals surface area (Å²) in [6.07, 6.45) is 22.1. The molecule has 3 aliphatic carbocycles. The van der Waals surface area contributed by atoms with Crippen molar-refractivity contribution in [2.24, 2.45) is 41.4 Å². The van der Waals surface area contributed by atoms with Crippen molar-refractivity contribution in [3.8, 4) is 0 Å². The Labute approximate surface area is 229 Å². The molecule has 4 rings (SSSR count). The van der Waals surface area contributed by atoms with Crippen LogP contribution in [-0.2, 0) is 4.74 Å². The van der Waals surface area contributed by atoms with E-state index in [0.29, 0.717) is 24.7 Å². The molecular weight excluding hydrogens is 488 g/mol. The minimum absolute atomic E-state index is 0.154. The number of allylic oxidation sites excluding steroid dienone is 3. The van der Waals surface area contributed by atoms with Crippen LogP contribution in [0.1, 0.15) is 122 Å². The van der Waals surface area contributed by atoms with E-state index in [9.17, 15) is 17.6 Å². The summed E-state index contributed by atoms with van der Waals surface area (Å²) in [5, 5.41) is 0. The normalized spacial score (nSPS) is 38.0. The van der Waals surface area contributed by atoms with Crippen molar-refractivity contribution in [3.05, 3.63) is 24.1 Å². The van der Waals surface area contributed by atoms with Gasteiger partial charge in [0.1, 0.15) is 5.83 Å². The lowest BCUT2D eigenvalue weighted by atomic mass is 9.68. The zero-order chi connectivity index (χ0) is 27.0. The van der Waals surface area contributed by atoms with Crippen LogP contribution in [0.5, 0.6) is 0 Å². The van der Waals surface area contributed by atoms with Crippen LogP contribution in [0.4, 0.5) is 17.6 Å². The monoisotopic (exact) mass is 540 g/mol. The van der Waals surface area contributed by atoms with Gasteiger partial charge in [-0.3, -0.25) is 0 Å². The molecular formula is C33H52F4O. The minimum atomic E-state index is -4.57. The molecule has 0 amide bonds. The predicted octanol–water partition coefficient (Wildman–Crippen LogP) is 10.8. The van der Waals surface area contributed by atoms with Crippen LogP contribution in [-0.4, -0.2) is 18.9 Å². The van der Waals surface area contributed by atoms with Gasteiger partial charge in [0.2, 0.25) is 0 Å². The molecule has 0 spiro atoms. The second kappa shape index (κ2) is 14.7. The fourth-order valence-corrected chi connectivity index (χ4v) is 8.11.